The molecule has 7 heteroatoms. The Balaban J connectivity index is 1.66. The minimum Gasteiger partial charge on any atom is -0.340 e. The molecule has 2 aromatic rings. The molecule has 0 bridgehead atoms. The van der Waals surface area contributed by atoms with Crippen LogP contribution < -0.4 is 10.6 Å². The van der Waals surface area contributed by atoms with E-state index in [2.05, 4.69) is 20.7 Å². The SMILES string of the molecule is Cn1cnc(C(=O)Nc2cnn(C3CCNCC3)c2)c1. The molecule has 2 N–H and O–H groups in total. The molecule has 1 fully saturated rings. The molecule has 1 saturated heterocycles. The van der Waals surface area contributed by atoms with Gasteiger partial charge in [0.2, 0.25) is 0 Å². The van der Waals surface area contributed by atoms with Gasteiger partial charge < -0.3 is 15.2 Å². The first-order chi connectivity index (χ1) is 9.72. The zero-order valence-electron chi connectivity index (χ0n) is 11.4. The van der Waals surface area contributed by atoms with E-state index >= 15 is 0 Å². The van der Waals surface area contributed by atoms with Gasteiger partial charge in [-0.05, 0) is 25.9 Å². The Hall–Kier alpha value is -2.15. The fourth-order valence-corrected chi connectivity index (χ4v) is 2.40. The number of nitrogens with zero attached hydrogens (tertiary/aromatic N) is 4. The fraction of sp³-hybridized carbons (Fsp3) is 0.462. The van der Waals surface area contributed by atoms with Crippen molar-refractivity contribution in [3.05, 3.63) is 30.6 Å². The van der Waals surface area contributed by atoms with Crippen LogP contribution in [0.2, 0.25) is 0 Å². The molecule has 3 heterocycles. The summed E-state index contributed by atoms with van der Waals surface area (Å²) < 4.78 is 3.68. The van der Waals surface area contributed by atoms with Crippen molar-refractivity contribution in [3.8, 4) is 0 Å². The van der Waals surface area contributed by atoms with Gasteiger partial charge in [-0.1, -0.05) is 0 Å². The summed E-state index contributed by atoms with van der Waals surface area (Å²) in [5.41, 5.74) is 1.11. The van der Waals surface area contributed by atoms with Crippen LogP contribution in [-0.4, -0.2) is 38.3 Å². The highest BCUT2D eigenvalue weighted by Gasteiger charge is 2.16. The van der Waals surface area contributed by atoms with E-state index in [-0.39, 0.29) is 5.91 Å². The molecule has 1 amide bonds. The minimum atomic E-state index is -0.213. The Kier molecular flexibility index (Phi) is 3.51. The molecule has 7 nitrogen and oxygen atoms in total. The van der Waals surface area contributed by atoms with Crippen molar-refractivity contribution in [2.24, 2.45) is 7.05 Å². The lowest BCUT2D eigenvalue weighted by Crippen LogP contribution is -2.29. The lowest BCUT2D eigenvalue weighted by atomic mass is 10.1. The topological polar surface area (TPSA) is 76.8 Å². The van der Waals surface area contributed by atoms with Crippen molar-refractivity contribution in [1.29, 1.82) is 0 Å². The molecule has 0 aliphatic carbocycles. The van der Waals surface area contributed by atoms with Gasteiger partial charge >= 0.3 is 0 Å². The third kappa shape index (κ3) is 2.72. The molecule has 0 aromatic carbocycles. The van der Waals surface area contributed by atoms with Gasteiger partial charge in [-0.3, -0.25) is 9.48 Å². The van der Waals surface area contributed by atoms with Gasteiger partial charge in [0.05, 0.1) is 24.3 Å². The molecular weight excluding hydrogens is 256 g/mol. The lowest BCUT2D eigenvalue weighted by Gasteiger charge is -2.22. The molecule has 0 saturated carbocycles. The summed E-state index contributed by atoms with van der Waals surface area (Å²) in [6.07, 6.45) is 8.99. The summed E-state index contributed by atoms with van der Waals surface area (Å²) in [6.45, 7) is 2.03. The Morgan fingerprint density at radius 2 is 2.20 bits per heavy atom. The summed E-state index contributed by atoms with van der Waals surface area (Å²) in [7, 11) is 1.83. The van der Waals surface area contributed by atoms with Crippen molar-refractivity contribution in [3.63, 3.8) is 0 Å². The molecule has 2 aromatic heterocycles. The Bertz CT molecular complexity index is 596. The Labute approximate surface area is 117 Å². The number of nitrogens with one attached hydrogen (secondary N) is 2. The minimum absolute atomic E-state index is 0.213. The van der Waals surface area contributed by atoms with E-state index in [4.69, 9.17) is 0 Å². The van der Waals surface area contributed by atoms with E-state index in [1.54, 1.807) is 23.3 Å². The molecule has 0 atom stereocenters. The fourth-order valence-electron chi connectivity index (χ4n) is 2.40. The number of anilines is 1. The van der Waals surface area contributed by atoms with Crippen LogP contribution in [0, 0.1) is 0 Å². The number of piperidine rings is 1. The second-order valence-corrected chi connectivity index (χ2v) is 5.07. The van der Waals surface area contributed by atoms with Gasteiger partial charge in [0, 0.05) is 19.4 Å². The highest BCUT2D eigenvalue weighted by atomic mass is 16.1. The van der Waals surface area contributed by atoms with Crippen LogP contribution in [0.5, 0.6) is 0 Å². The van der Waals surface area contributed by atoms with Crippen molar-refractivity contribution in [2.45, 2.75) is 18.9 Å². The number of rotatable bonds is 3. The van der Waals surface area contributed by atoms with Gasteiger partial charge in [-0.2, -0.15) is 5.10 Å². The van der Waals surface area contributed by atoms with E-state index in [0.717, 1.165) is 25.9 Å². The third-order valence-corrected chi connectivity index (χ3v) is 3.48. The number of hydrogen-bond donors (Lipinski definition) is 2. The van der Waals surface area contributed by atoms with Crippen LogP contribution in [0.4, 0.5) is 5.69 Å². The summed E-state index contributed by atoms with van der Waals surface area (Å²) in [5, 5.41) is 10.5. The quantitative estimate of drug-likeness (QED) is 0.867. The highest BCUT2D eigenvalue weighted by molar-refractivity contribution is 6.02. The predicted octanol–water partition coefficient (Wildman–Crippen LogP) is 0.793. The monoisotopic (exact) mass is 274 g/mol. The van der Waals surface area contributed by atoms with Gasteiger partial charge in [-0.25, -0.2) is 4.98 Å². The molecule has 1 aliphatic heterocycles. The smallest absolute Gasteiger partial charge is 0.275 e. The first-order valence-electron chi connectivity index (χ1n) is 6.76. The van der Waals surface area contributed by atoms with Gasteiger partial charge in [0.25, 0.3) is 5.91 Å². The first-order valence-corrected chi connectivity index (χ1v) is 6.76. The predicted molar refractivity (Wildman–Crippen MR) is 74.5 cm³/mol. The maximum Gasteiger partial charge on any atom is 0.275 e. The molecule has 106 valence electrons. The molecule has 0 spiro atoms. The second kappa shape index (κ2) is 5.46. The molecular formula is C13H18N6O. The maximum atomic E-state index is 12.0. The average Bonchev–Trinajstić information content (AvgIpc) is 3.09. The highest BCUT2D eigenvalue weighted by Crippen LogP contribution is 2.19. The van der Waals surface area contributed by atoms with E-state index in [1.807, 2.05) is 17.9 Å². The zero-order valence-corrected chi connectivity index (χ0v) is 11.4. The Morgan fingerprint density at radius 1 is 1.40 bits per heavy atom. The third-order valence-electron chi connectivity index (χ3n) is 3.48. The normalized spacial score (nSPS) is 16.2. The molecule has 1 aliphatic rings. The maximum absolute atomic E-state index is 12.0. The molecule has 20 heavy (non-hydrogen) atoms. The largest absolute Gasteiger partial charge is 0.340 e. The van der Waals surface area contributed by atoms with E-state index in [0.29, 0.717) is 17.4 Å². The van der Waals surface area contributed by atoms with Crippen molar-refractivity contribution >= 4 is 11.6 Å². The molecule has 3 rings (SSSR count). The van der Waals surface area contributed by atoms with Gasteiger partial charge in [-0.15, -0.1) is 0 Å². The van der Waals surface area contributed by atoms with Crippen LogP contribution in [0.15, 0.2) is 24.9 Å². The van der Waals surface area contributed by atoms with Gasteiger partial charge in [0.15, 0.2) is 0 Å². The number of hydrogen-bond acceptors (Lipinski definition) is 4. The van der Waals surface area contributed by atoms with Gasteiger partial charge in [0.1, 0.15) is 5.69 Å². The number of aryl methyl sites for hydroxylation is 1. The van der Waals surface area contributed by atoms with Crippen molar-refractivity contribution < 1.29 is 4.79 Å². The summed E-state index contributed by atoms with van der Waals surface area (Å²) in [6, 6.07) is 0.414. The summed E-state index contributed by atoms with van der Waals surface area (Å²) >= 11 is 0. The van der Waals surface area contributed by atoms with E-state index in [9.17, 15) is 4.79 Å². The van der Waals surface area contributed by atoms with Crippen LogP contribution >= 0.6 is 0 Å². The van der Waals surface area contributed by atoms with Crippen LogP contribution in [0.1, 0.15) is 29.4 Å². The average molecular weight is 274 g/mol. The van der Waals surface area contributed by atoms with E-state index < -0.39 is 0 Å². The summed E-state index contributed by atoms with van der Waals surface area (Å²) in [4.78, 5) is 16.0. The van der Waals surface area contributed by atoms with Crippen molar-refractivity contribution in [1.82, 2.24) is 24.6 Å². The van der Waals surface area contributed by atoms with Crippen LogP contribution in [-0.2, 0) is 7.05 Å². The standard InChI is InChI=1S/C13H18N6O/c1-18-8-12(15-9-18)13(20)17-10-6-16-19(7-10)11-2-4-14-5-3-11/h6-9,11,14H,2-5H2,1H3,(H,17,20). The number of carbonyl (C=O) groups excluding carboxylic acids is 1. The summed E-state index contributed by atoms with van der Waals surface area (Å²) in [5.74, 6) is -0.213. The number of aromatic nitrogens is 4. The van der Waals surface area contributed by atoms with E-state index in [1.165, 1.54) is 0 Å². The van der Waals surface area contributed by atoms with Crippen LogP contribution in [0.3, 0.4) is 0 Å². The van der Waals surface area contributed by atoms with Crippen LogP contribution in [0.25, 0.3) is 0 Å². The zero-order chi connectivity index (χ0) is 13.9. The number of amides is 1. The number of imidazole rings is 1. The Morgan fingerprint density at radius 3 is 2.90 bits per heavy atom. The number of carbonyl (C=O) groups is 1. The first kappa shape index (κ1) is 12.9. The molecule has 0 radical (unpaired) electrons. The molecule has 0 unspecified atom stereocenters. The van der Waals surface area contributed by atoms with Crippen molar-refractivity contribution in [2.75, 3.05) is 18.4 Å². The lowest BCUT2D eigenvalue weighted by molar-refractivity contribution is 0.102. The second-order valence-electron chi connectivity index (χ2n) is 5.07.